The molecule has 0 aliphatic heterocycles. The number of likely N-dealkylation sites (N-methyl/N-ethyl adjacent to an activating group) is 1. The molecule has 0 unspecified atom stereocenters. The molecule has 1 N–H and O–H groups in total. The highest BCUT2D eigenvalue weighted by Crippen LogP contribution is 2.26. The van der Waals surface area contributed by atoms with Gasteiger partial charge >= 0.3 is 0 Å². The standard InChI is InChI=1S/C14H27N3O2S/c1-5-7-15-10-13-12(11-18-4)16-14(20-13)17(3)8-9-19-6-2/h15H,5-11H2,1-4H3. The number of aromatic nitrogens is 1. The van der Waals surface area contributed by atoms with Crippen molar-refractivity contribution >= 4 is 16.5 Å². The number of nitrogens with one attached hydrogen (secondary N) is 1. The molecule has 0 aliphatic rings. The van der Waals surface area contributed by atoms with E-state index < -0.39 is 0 Å². The Bertz CT molecular complexity index is 371. The third kappa shape index (κ3) is 5.75. The van der Waals surface area contributed by atoms with Gasteiger partial charge in [-0.3, -0.25) is 0 Å². The van der Waals surface area contributed by atoms with E-state index in [1.54, 1.807) is 18.4 Å². The van der Waals surface area contributed by atoms with Crippen molar-refractivity contribution in [1.29, 1.82) is 0 Å². The number of hydrogen-bond donors (Lipinski definition) is 1. The normalized spacial score (nSPS) is 11.0. The fourth-order valence-electron chi connectivity index (χ4n) is 1.74. The van der Waals surface area contributed by atoms with Crippen molar-refractivity contribution in [2.75, 3.05) is 45.4 Å². The number of rotatable bonds is 11. The van der Waals surface area contributed by atoms with E-state index >= 15 is 0 Å². The van der Waals surface area contributed by atoms with Gasteiger partial charge in [0.2, 0.25) is 0 Å². The molecule has 0 bridgehead atoms. The van der Waals surface area contributed by atoms with E-state index in [2.05, 4.69) is 29.2 Å². The molecule has 0 radical (unpaired) electrons. The summed E-state index contributed by atoms with van der Waals surface area (Å²) in [7, 11) is 3.76. The highest BCUT2D eigenvalue weighted by atomic mass is 32.1. The maximum absolute atomic E-state index is 5.39. The van der Waals surface area contributed by atoms with E-state index in [-0.39, 0.29) is 0 Å². The molecule has 1 rings (SSSR count). The second-order valence-corrected chi connectivity index (χ2v) is 5.66. The lowest BCUT2D eigenvalue weighted by molar-refractivity contribution is 0.154. The van der Waals surface area contributed by atoms with E-state index in [1.165, 1.54) is 4.88 Å². The number of hydrogen-bond acceptors (Lipinski definition) is 6. The van der Waals surface area contributed by atoms with Crippen molar-refractivity contribution in [2.24, 2.45) is 0 Å². The van der Waals surface area contributed by atoms with E-state index in [4.69, 9.17) is 9.47 Å². The molecule has 0 aromatic carbocycles. The predicted octanol–water partition coefficient (Wildman–Crippen LogP) is 2.26. The van der Waals surface area contributed by atoms with Gasteiger partial charge in [-0.1, -0.05) is 6.92 Å². The van der Waals surface area contributed by atoms with Gasteiger partial charge in [-0.2, -0.15) is 0 Å². The van der Waals surface area contributed by atoms with Crippen molar-refractivity contribution in [2.45, 2.75) is 33.4 Å². The third-order valence-electron chi connectivity index (χ3n) is 2.86. The SMILES string of the molecule is CCCNCc1sc(N(C)CCOCC)nc1COC. The number of methoxy groups -OCH3 is 1. The Kier molecular flexibility index (Phi) is 8.77. The van der Waals surface area contributed by atoms with E-state index in [0.29, 0.717) is 6.61 Å². The van der Waals surface area contributed by atoms with Crippen LogP contribution in [0.25, 0.3) is 0 Å². The zero-order chi connectivity index (χ0) is 14.8. The van der Waals surface area contributed by atoms with Crippen molar-refractivity contribution in [3.63, 3.8) is 0 Å². The topological polar surface area (TPSA) is 46.6 Å². The van der Waals surface area contributed by atoms with Crippen LogP contribution in [0.3, 0.4) is 0 Å². The van der Waals surface area contributed by atoms with Crippen LogP contribution in [-0.4, -0.2) is 45.4 Å². The second kappa shape index (κ2) is 10.1. The Morgan fingerprint density at radius 3 is 2.80 bits per heavy atom. The van der Waals surface area contributed by atoms with Crippen LogP contribution in [0, 0.1) is 0 Å². The molecule has 0 fully saturated rings. The molecule has 0 aliphatic carbocycles. The average Bonchev–Trinajstić information content (AvgIpc) is 2.83. The molecule has 20 heavy (non-hydrogen) atoms. The van der Waals surface area contributed by atoms with Gasteiger partial charge in [-0.05, 0) is 19.9 Å². The molecule has 1 aromatic heterocycles. The van der Waals surface area contributed by atoms with E-state index in [0.717, 1.165) is 50.1 Å². The first-order chi connectivity index (χ1) is 9.72. The smallest absolute Gasteiger partial charge is 0.185 e. The molecule has 0 spiro atoms. The van der Waals surface area contributed by atoms with Crippen molar-refractivity contribution in [1.82, 2.24) is 10.3 Å². The summed E-state index contributed by atoms with van der Waals surface area (Å²) in [6, 6.07) is 0. The lowest BCUT2D eigenvalue weighted by Crippen LogP contribution is -2.22. The third-order valence-corrected chi connectivity index (χ3v) is 4.07. The zero-order valence-electron chi connectivity index (χ0n) is 13.1. The first-order valence-corrected chi connectivity index (χ1v) is 8.01. The molecular formula is C14H27N3O2S. The van der Waals surface area contributed by atoms with Crippen LogP contribution in [0.4, 0.5) is 5.13 Å². The Labute approximate surface area is 126 Å². The Morgan fingerprint density at radius 2 is 2.15 bits per heavy atom. The molecule has 5 nitrogen and oxygen atoms in total. The fourth-order valence-corrected chi connectivity index (χ4v) is 2.76. The van der Waals surface area contributed by atoms with Gasteiger partial charge in [0, 0.05) is 38.7 Å². The van der Waals surface area contributed by atoms with Crippen LogP contribution >= 0.6 is 11.3 Å². The molecular weight excluding hydrogens is 274 g/mol. The largest absolute Gasteiger partial charge is 0.380 e. The van der Waals surface area contributed by atoms with Gasteiger partial charge in [0.1, 0.15) is 0 Å². The summed E-state index contributed by atoms with van der Waals surface area (Å²) in [5.41, 5.74) is 1.04. The summed E-state index contributed by atoms with van der Waals surface area (Å²) < 4.78 is 10.6. The zero-order valence-corrected chi connectivity index (χ0v) is 13.9. The first-order valence-electron chi connectivity index (χ1n) is 7.20. The molecule has 0 atom stereocenters. The lowest BCUT2D eigenvalue weighted by atomic mass is 10.3. The van der Waals surface area contributed by atoms with Crippen LogP contribution in [0.15, 0.2) is 0 Å². The molecule has 1 heterocycles. The van der Waals surface area contributed by atoms with Crippen LogP contribution in [0.1, 0.15) is 30.8 Å². The predicted molar refractivity (Wildman–Crippen MR) is 84.6 cm³/mol. The monoisotopic (exact) mass is 301 g/mol. The summed E-state index contributed by atoms with van der Waals surface area (Å²) in [6.45, 7) is 8.99. The highest BCUT2D eigenvalue weighted by molar-refractivity contribution is 7.15. The van der Waals surface area contributed by atoms with Gasteiger partial charge in [0.05, 0.1) is 18.9 Å². The summed E-state index contributed by atoms with van der Waals surface area (Å²) in [6.07, 6.45) is 1.14. The van der Waals surface area contributed by atoms with Gasteiger partial charge < -0.3 is 19.7 Å². The molecule has 116 valence electrons. The highest BCUT2D eigenvalue weighted by Gasteiger charge is 2.13. The minimum Gasteiger partial charge on any atom is -0.380 e. The molecule has 0 amide bonds. The number of nitrogens with zero attached hydrogens (tertiary/aromatic N) is 2. The summed E-state index contributed by atoms with van der Waals surface area (Å²) in [4.78, 5) is 8.09. The van der Waals surface area contributed by atoms with Crippen LogP contribution in [-0.2, 0) is 22.6 Å². The fraction of sp³-hybridized carbons (Fsp3) is 0.786. The minimum atomic E-state index is 0.568. The van der Waals surface area contributed by atoms with E-state index in [9.17, 15) is 0 Å². The Balaban J connectivity index is 2.63. The van der Waals surface area contributed by atoms with Crippen molar-refractivity contribution in [3.05, 3.63) is 10.6 Å². The van der Waals surface area contributed by atoms with Crippen LogP contribution in [0.2, 0.25) is 0 Å². The maximum Gasteiger partial charge on any atom is 0.185 e. The number of ether oxygens (including phenoxy) is 2. The number of anilines is 1. The second-order valence-electron chi connectivity index (χ2n) is 4.59. The van der Waals surface area contributed by atoms with Gasteiger partial charge in [-0.25, -0.2) is 4.98 Å². The minimum absolute atomic E-state index is 0.568. The maximum atomic E-state index is 5.39. The van der Waals surface area contributed by atoms with Crippen molar-refractivity contribution in [3.8, 4) is 0 Å². The van der Waals surface area contributed by atoms with Gasteiger partial charge in [-0.15, -0.1) is 11.3 Å². The van der Waals surface area contributed by atoms with E-state index in [1.807, 2.05) is 6.92 Å². The van der Waals surface area contributed by atoms with Gasteiger partial charge in [0.15, 0.2) is 5.13 Å². The van der Waals surface area contributed by atoms with Crippen LogP contribution in [0.5, 0.6) is 0 Å². The molecule has 0 saturated heterocycles. The van der Waals surface area contributed by atoms with Gasteiger partial charge in [0.25, 0.3) is 0 Å². The van der Waals surface area contributed by atoms with Crippen molar-refractivity contribution < 1.29 is 9.47 Å². The summed E-state index contributed by atoms with van der Waals surface area (Å²) >= 11 is 1.73. The molecule has 6 heteroatoms. The summed E-state index contributed by atoms with van der Waals surface area (Å²) in [5, 5.41) is 4.46. The number of thiazole rings is 1. The van der Waals surface area contributed by atoms with Crippen LogP contribution < -0.4 is 10.2 Å². The average molecular weight is 301 g/mol. The lowest BCUT2D eigenvalue weighted by Gasteiger charge is -2.15. The first kappa shape index (κ1) is 17.4. The summed E-state index contributed by atoms with van der Waals surface area (Å²) in [5.74, 6) is 0. The Hall–Kier alpha value is -0.690. The Morgan fingerprint density at radius 1 is 1.35 bits per heavy atom. The molecule has 0 saturated carbocycles. The molecule has 1 aromatic rings. The quantitative estimate of drug-likeness (QED) is 0.635.